The summed E-state index contributed by atoms with van der Waals surface area (Å²) < 4.78 is 78.9. The van der Waals surface area contributed by atoms with Gasteiger partial charge in [-0.05, 0) is 125 Å². The van der Waals surface area contributed by atoms with Gasteiger partial charge in [-0.1, -0.05) is 199 Å². The van der Waals surface area contributed by atoms with Crippen LogP contribution in [0.4, 0.5) is 0 Å². The van der Waals surface area contributed by atoms with Crippen molar-refractivity contribution in [3.8, 4) is 33.8 Å². The molecule has 0 aliphatic heterocycles. The van der Waals surface area contributed by atoms with E-state index in [0.29, 0.717) is 5.56 Å². The van der Waals surface area contributed by atoms with Crippen molar-refractivity contribution in [1.82, 2.24) is 0 Å². The second kappa shape index (κ2) is 24.7. The number of pyridine rings is 3. The van der Waals surface area contributed by atoms with Crippen molar-refractivity contribution in [3.63, 3.8) is 0 Å². The van der Waals surface area contributed by atoms with Crippen LogP contribution in [0.3, 0.4) is 0 Å². The SMILES string of the molecule is [2H]C([2H])(c1cc[n+](C)c(-c2c(C)c3ccccc3c3oc4ccccc4c23)c1)C(C)C.[2H]C([2H])(c1cc[n+](C)c(-c2c(C)c3ccccc3c3oc4ccccc4c23)c1)C1CCCC1.[2H]C([2H])(c1cc[n+](C)c(-c2c(C)c3ccccc3c3oc4ccccc4c23)c1)C1CCCCC1. The standard InChI is InChI=1S/C30H30NO.C29H28NO.C27H26NO/c1-20-23-12-6-7-13-24(23)30-29(25-14-8-9-15-27(25)32-30)28(20)26-19-22(16-17-31(26)2)18-21-10-4-3-5-11-21;1-19-22-11-5-6-12-23(22)29-28(24-13-7-8-14-26(24)31-29)27(19)25-18-21(15-16-30(25)2)17-20-9-3-4-10-20;1-17(2)15-19-13-14-28(4)23(16-19)25-18(3)20-9-5-6-10-21(20)27-26(25)22-11-7-8-12-24(22)29-27/h6-9,12-17,19,21H,3-5,10-11,18H2,1-2H3;5-8,11-16,18,20H,3-4,9-10,17H2,1-2H3;5-14,16-17H,15H2,1-4H3/q3*+1/i18D2;17D2;15D2. The number of aryl methyl sites for hydroxylation is 6. The van der Waals surface area contributed by atoms with E-state index in [0.717, 1.165) is 184 Å². The van der Waals surface area contributed by atoms with E-state index in [9.17, 15) is 0 Å². The van der Waals surface area contributed by atoms with Gasteiger partial charge in [0.15, 0.2) is 18.6 Å². The van der Waals surface area contributed by atoms with Crippen molar-refractivity contribution in [1.29, 1.82) is 0 Å². The summed E-state index contributed by atoms with van der Waals surface area (Å²) in [4.78, 5) is 0. The quantitative estimate of drug-likeness (QED) is 0.135. The van der Waals surface area contributed by atoms with E-state index in [1.54, 1.807) is 0 Å². The van der Waals surface area contributed by atoms with Gasteiger partial charge in [-0.2, -0.15) is 0 Å². The minimum atomic E-state index is -1.41. The van der Waals surface area contributed by atoms with E-state index < -0.39 is 19.1 Å². The van der Waals surface area contributed by atoms with Gasteiger partial charge in [-0.25, -0.2) is 13.7 Å². The molecule has 0 atom stereocenters. The molecule has 2 saturated carbocycles. The largest absolute Gasteiger partial charge is 0.455 e. The van der Waals surface area contributed by atoms with Crippen molar-refractivity contribution >= 4 is 98.1 Å². The van der Waals surface area contributed by atoms with E-state index in [4.69, 9.17) is 21.5 Å². The Bertz CT molecular complexity index is 5630. The van der Waals surface area contributed by atoms with E-state index >= 15 is 0 Å². The predicted molar refractivity (Wildman–Crippen MR) is 382 cm³/mol. The minimum absolute atomic E-state index is 0.0780. The highest BCUT2D eigenvalue weighted by atomic mass is 16.3. The van der Waals surface area contributed by atoms with Crippen LogP contribution in [0.1, 0.15) is 113 Å². The van der Waals surface area contributed by atoms with Gasteiger partial charge in [-0.15, -0.1) is 0 Å². The normalized spacial score (nSPS) is 15.5. The van der Waals surface area contributed by atoms with E-state index in [-0.39, 0.29) is 17.8 Å². The molecule has 0 radical (unpaired) electrons. The second-order valence-corrected chi connectivity index (χ2v) is 26.2. The molecule has 9 aromatic carbocycles. The van der Waals surface area contributed by atoms with Crippen LogP contribution in [0.15, 0.2) is 214 Å². The molecule has 0 spiro atoms. The maximum atomic E-state index is 9.08. The zero-order chi connectivity index (χ0) is 68.1. The van der Waals surface area contributed by atoms with Crippen LogP contribution in [0, 0.1) is 38.5 Å². The summed E-state index contributed by atoms with van der Waals surface area (Å²) in [5.41, 5.74) is 17.5. The topological polar surface area (TPSA) is 51.1 Å². The molecule has 458 valence electrons. The summed E-state index contributed by atoms with van der Waals surface area (Å²) in [5, 5.41) is 13.4. The Morgan fingerprint density at radius 2 is 0.652 bits per heavy atom. The van der Waals surface area contributed by atoms with Crippen molar-refractivity contribution in [2.24, 2.45) is 38.9 Å². The van der Waals surface area contributed by atoms with Crippen LogP contribution in [-0.2, 0) is 40.3 Å². The van der Waals surface area contributed by atoms with Gasteiger partial charge in [0.2, 0.25) is 17.1 Å². The average Bonchev–Trinajstić information content (AvgIpc) is 1.50. The fourth-order valence-corrected chi connectivity index (χ4v) is 15.2. The third-order valence-corrected chi connectivity index (χ3v) is 19.8. The fourth-order valence-electron chi connectivity index (χ4n) is 15.2. The van der Waals surface area contributed by atoms with Gasteiger partial charge in [-0.3, -0.25) is 0 Å². The molecule has 2 aliphatic rings. The van der Waals surface area contributed by atoms with Gasteiger partial charge < -0.3 is 13.3 Å². The number of rotatable bonds is 9. The lowest BCUT2D eigenvalue weighted by molar-refractivity contribution is -0.660. The van der Waals surface area contributed by atoms with E-state index in [1.807, 2.05) is 119 Å². The third kappa shape index (κ3) is 10.7. The fraction of sp³-hybridized carbons (Fsp3) is 0.267. The molecule has 0 amide bonds. The molecule has 92 heavy (non-hydrogen) atoms. The van der Waals surface area contributed by atoms with E-state index in [2.05, 4.69) is 151 Å². The van der Waals surface area contributed by atoms with Crippen LogP contribution >= 0.6 is 0 Å². The van der Waals surface area contributed by atoms with Gasteiger partial charge in [0.1, 0.15) is 54.6 Å². The molecule has 0 bridgehead atoms. The maximum Gasteiger partial charge on any atom is 0.213 e. The van der Waals surface area contributed by atoms with E-state index in [1.165, 1.54) is 33.9 Å². The maximum absolute atomic E-state index is 9.08. The first-order valence-electron chi connectivity index (χ1n) is 36.2. The molecule has 6 aromatic heterocycles. The average molecular weight is 1210 g/mol. The molecule has 6 nitrogen and oxygen atoms in total. The summed E-state index contributed by atoms with van der Waals surface area (Å²) >= 11 is 0. The monoisotopic (exact) mass is 1210 g/mol. The molecule has 6 heteroatoms. The number of fused-ring (bicyclic) bond motifs is 15. The Morgan fingerprint density at radius 3 is 0.989 bits per heavy atom. The predicted octanol–water partition coefficient (Wildman–Crippen LogP) is 21.7. The zero-order valence-corrected chi connectivity index (χ0v) is 54.2. The van der Waals surface area contributed by atoms with Gasteiger partial charge in [0, 0.05) is 93.1 Å². The summed E-state index contributed by atoms with van der Waals surface area (Å²) in [6, 6.07) is 61.8. The van der Waals surface area contributed by atoms with Crippen LogP contribution in [-0.4, -0.2) is 0 Å². The lowest BCUT2D eigenvalue weighted by Gasteiger charge is -2.21. The molecule has 15 aromatic rings. The molecule has 0 N–H and O–H groups in total. The molecule has 2 fully saturated rings. The lowest BCUT2D eigenvalue weighted by atomic mass is 9.84. The first-order valence-corrected chi connectivity index (χ1v) is 33.2. The van der Waals surface area contributed by atoms with Crippen molar-refractivity contribution in [2.45, 2.75) is 112 Å². The Kier molecular flexibility index (Phi) is 14.0. The Labute approximate surface area is 548 Å². The number of hydrogen-bond donors (Lipinski definition) is 0. The van der Waals surface area contributed by atoms with Crippen LogP contribution < -0.4 is 13.7 Å². The molecule has 17 rings (SSSR count). The summed E-state index contributed by atoms with van der Waals surface area (Å²) in [6.07, 6.45) is 11.5. The number of benzene rings is 9. The molecule has 6 heterocycles. The van der Waals surface area contributed by atoms with Gasteiger partial charge in [0.25, 0.3) is 0 Å². The zero-order valence-electron chi connectivity index (χ0n) is 60.2. The van der Waals surface area contributed by atoms with Gasteiger partial charge >= 0.3 is 0 Å². The Morgan fingerprint density at radius 1 is 0.370 bits per heavy atom. The molecule has 2 aliphatic carbocycles. The first-order chi connectivity index (χ1) is 47.2. The minimum Gasteiger partial charge on any atom is -0.455 e. The number of hydrogen-bond acceptors (Lipinski definition) is 3. The van der Waals surface area contributed by atoms with Crippen molar-refractivity contribution in [2.75, 3.05) is 0 Å². The second-order valence-electron chi connectivity index (χ2n) is 26.2. The smallest absolute Gasteiger partial charge is 0.213 e. The highest BCUT2D eigenvalue weighted by molar-refractivity contribution is 6.24. The molecule has 0 saturated heterocycles. The Balaban J connectivity index is 0.000000120. The Hall–Kier alpha value is -9.39. The highest BCUT2D eigenvalue weighted by Crippen LogP contribution is 2.47. The molecular weight excluding hydrogens is 1120 g/mol. The summed E-state index contributed by atoms with van der Waals surface area (Å²) in [5.74, 6) is 0.0420. The van der Waals surface area contributed by atoms with Crippen molar-refractivity contribution < 1.29 is 35.2 Å². The summed E-state index contributed by atoms with van der Waals surface area (Å²) in [7, 11) is 6.12. The first kappa shape index (κ1) is 52.3. The number of aromatic nitrogens is 3. The number of furan rings is 3. The van der Waals surface area contributed by atoms with Crippen molar-refractivity contribution in [3.05, 3.63) is 234 Å². The molecular formula is C86H84N3O3+3. The lowest BCUT2D eigenvalue weighted by Crippen LogP contribution is -2.31. The summed E-state index contributed by atoms with van der Waals surface area (Å²) in [6.45, 7) is 10.4. The highest BCUT2D eigenvalue weighted by Gasteiger charge is 2.29. The molecule has 0 unspecified atom stereocenters. The van der Waals surface area contributed by atoms with Gasteiger partial charge in [0.05, 0.1) is 16.7 Å². The van der Waals surface area contributed by atoms with Crippen LogP contribution in [0.25, 0.3) is 132 Å². The number of nitrogens with zero attached hydrogens (tertiary/aromatic N) is 3. The third-order valence-electron chi connectivity index (χ3n) is 19.8. The number of para-hydroxylation sites is 3. The van der Waals surface area contributed by atoms with Crippen LogP contribution in [0.2, 0.25) is 0 Å². The van der Waals surface area contributed by atoms with Crippen LogP contribution in [0.5, 0.6) is 0 Å².